The van der Waals surface area contributed by atoms with Crippen LogP contribution in [-0.2, 0) is 6.54 Å². The maximum atomic E-state index is 3.77. The Morgan fingerprint density at radius 3 is 1.39 bits per heavy atom. The summed E-state index contributed by atoms with van der Waals surface area (Å²) < 4.78 is 1.12. The fourth-order valence-electron chi connectivity index (χ4n) is 4.24. The van der Waals surface area contributed by atoms with Gasteiger partial charge in [0, 0.05) is 33.5 Å². The first-order valence-corrected chi connectivity index (χ1v) is 11.9. The highest BCUT2D eigenvalue weighted by atomic mass is 79.9. The molecule has 0 aliphatic rings. The summed E-state index contributed by atoms with van der Waals surface area (Å²) in [5.41, 5.74) is 8.46. The van der Waals surface area contributed by atoms with Crippen LogP contribution in [0.4, 0.5) is 11.4 Å². The zero-order chi connectivity index (χ0) is 22.5. The van der Waals surface area contributed by atoms with Crippen LogP contribution in [0.25, 0.3) is 22.3 Å². The molecular weight excluding hydrogens is 466 g/mol. The molecule has 0 aromatic heterocycles. The molecule has 0 saturated carbocycles. The minimum absolute atomic E-state index is 0.745. The Labute approximate surface area is 204 Å². The Kier molecular flexibility index (Phi) is 6.37. The molecule has 0 spiro atoms. The molecule has 0 heterocycles. The van der Waals surface area contributed by atoms with Crippen LogP contribution < -0.4 is 4.90 Å². The van der Waals surface area contributed by atoms with E-state index in [1.165, 1.54) is 39.2 Å². The van der Waals surface area contributed by atoms with Crippen LogP contribution in [0.1, 0.15) is 5.56 Å². The standard InChI is InChI=1S/C31H24BrN/c32-29-20-10-7-17-26(29)23-33(30-21-11-8-18-27(30)24-13-3-1-4-14-24)31-22-12-9-19-28(31)25-15-5-2-6-16-25/h1-22H,23H2. The van der Waals surface area contributed by atoms with E-state index in [9.17, 15) is 0 Å². The van der Waals surface area contributed by atoms with Gasteiger partial charge in [0.2, 0.25) is 0 Å². The van der Waals surface area contributed by atoms with Gasteiger partial charge in [0.15, 0.2) is 0 Å². The van der Waals surface area contributed by atoms with Crippen LogP contribution in [0, 0.1) is 0 Å². The van der Waals surface area contributed by atoms with E-state index >= 15 is 0 Å². The Hall–Kier alpha value is -3.62. The van der Waals surface area contributed by atoms with Gasteiger partial charge in [-0.15, -0.1) is 0 Å². The van der Waals surface area contributed by atoms with Crippen LogP contribution in [0.2, 0.25) is 0 Å². The quantitative estimate of drug-likeness (QED) is 0.229. The molecule has 0 radical (unpaired) electrons. The van der Waals surface area contributed by atoms with Gasteiger partial charge in [0.05, 0.1) is 0 Å². The molecule has 0 atom stereocenters. The van der Waals surface area contributed by atoms with Gasteiger partial charge >= 0.3 is 0 Å². The topological polar surface area (TPSA) is 3.24 Å². The summed E-state index contributed by atoms with van der Waals surface area (Å²) in [5, 5.41) is 0. The van der Waals surface area contributed by atoms with E-state index in [0.29, 0.717) is 0 Å². The van der Waals surface area contributed by atoms with Crippen molar-refractivity contribution in [3.05, 3.63) is 143 Å². The van der Waals surface area contributed by atoms with E-state index in [1.807, 2.05) is 0 Å². The first-order valence-electron chi connectivity index (χ1n) is 11.1. The lowest BCUT2D eigenvalue weighted by Crippen LogP contribution is -2.18. The van der Waals surface area contributed by atoms with Gasteiger partial charge in [-0.2, -0.15) is 0 Å². The average Bonchev–Trinajstić information content (AvgIpc) is 2.89. The van der Waals surface area contributed by atoms with Gasteiger partial charge in [0.25, 0.3) is 0 Å². The molecule has 0 aliphatic carbocycles. The predicted molar refractivity (Wildman–Crippen MR) is 144 cm³/mol. The predicted octanol–water partition coefficient (Wildman–Crippen LogP) is 9.12. The minimum Gasteiger partial charge on any atom is -0.336 e. The fourth-order valence-corrected chi connectivity index (χ4v) is 4.65. The van der Waals surface area contributed by atoms with Gasteiger partial charge in [-0.25, -0.2) is 0 Å². The summed E-state index contributed by atoms with van der Waals surface area (Å²) in [4.78, 5) is 2.44. The fraction of sp³-hybridized carbons (Fsp3) is 0.0323. The monoisotopic (exact) mass is 489 g/mol. The van der Waals surface area contributed by atoms with Crippen molar-refractivity contribution in [2.75, 3.05) is 4.90 Å². The maximum absolute atomic E-state index is 3.77. The average molecular weight is 490 g/mol. The molecule has 0 unspecified atom stereocenters. The molecule has 0 saturated heterocycles. The second kappa shape index (κ2) is 9.89. The van der Waals surface area contributed by atoms with Crippen molar-refractivity contribution in [1.82, 2.24) is 0 Å². The minimum atomic E-state index is 0.745. The maximum Gasteiger partial charge on any atom is 0.0493 e. The van der Waals surface area contributed by atoms with Crippen LogP contribution in [0.15, 0.2) is 138 Å². The Bertz CT molecular complexity index is 1260. The number of nitrogens with zero attached hydrogens (tertiary/aromatic N) is 1. The summed E-state index contributed by atoms with van der Waals surface area (Å²) in [7, 11) is 0. The Morgan fingerprint density at radius 2 is 0.879 bits per heavy atom. The summed E-state index contributed by atoms with van der Waals surface area (Å²) in [6, 6.07) is 47.1. The Morgan fingerprint density at radius 1 is 0.455 bits per heavy atom. The third-order valence-corrected chi connectivity index (χ3v) is 6.62. The highest BCUT2D eigenvalue weighted by Gasteiger charge is 2.19. The molecule has 2 heteroatoms. The zero-order valence-electron chi connectivity index (χ0n) is 18.2. The molecule has 0 N–H and O–H groups in total. The lowest BCUT2D eigenvalue weighted by atomic mass is 9.99. The molecule has 5 aromatic rings. The summed E-state index contributed by atoms with van der Waals surface area (Å²) in [6.45, 7) is 0.745. The molecule has 160 valence electrons. The molecule has 0 aliphatic heterocycles. The smallest absolute Gasteiger partial charge is 0.0493 e. The second-order valence-electron chi connectivity index (χ2n) is 7.94. The lowest BCUT2D eigenvalue weighted by Gasteiger charge is -2.30. The molecule has 1 nitrogen and oxygen atoms in total. The second-order valence-corrected chi connectivity index (χ2v) is 8.80. The molecule has 0 fully saturated rings. The van der Waals surface area contributed by atoms with Gasteiger partial charge in [-0.3, -0.25) is 0 Å². The molecule has 33 heavy (non-hydrogen) atoms. The first kappa shape index (κ1) is 21.2. The lowest BCUT2D eigenvalue weighted by molar-refractivity contribution is 0.971. The van der Waals surface area contributed by atoms with Gasteiger partial charge in [-0.05, 0) is 34.9 Å². The van der Waals surface area contributed by atoms with E-state index < -0.39 is 0 Å². The van der Waals surface area contributed by atoms with E-state index in [-0.39, 0.29) is 0 Å². The van der Waals surface area contributed by atoms with Crippen molar-refractivity contribution in [2.45, 2.75) is 6.54 Å². The number of halogens is 1. The van der Waals surface area contributed by atoms with Gasteiger partial charge in [0.1, 0.15) is 0 Å². The van der Waals surface area contributed by atoms with E-state index in [2.05, 4.69) is 154 Å². The molecular formula is C31H24BrN. The van der Waals surface area contributed by atoms with Crippen LogP contribution in [0.3, 0.4) is 0 Å². The van der Waals surface area contributed by atoms with Crippen molar-refractivity contribution < 1.29 is 0 Å². The van der Waals surface area contributed by atoms with Crippen molar-refractivity contribution in [3.63, 3.8) is 0 Å². The number of benzene rings is 5. The van der Waals surface area contributed by atoms with Crippen molar-refractivity contribution >= 4 is 27.3 Å². The Balaban J connectivity index is 1.72. The highest BCUT2D eigenvalue weighted by Crippen LogP contribution is 2.41. The van der Waals surface area contributed by atoms with Crippen molar-refractivity contribution in [2.24, 2.45) is 0 Å². The van der Waals surface area contributed by atoms with Gasteiger partial charge < -0.3 is 4.90 Å². The number of para-hydroxylation sites is 2. The highest BCUT2D eigenvalue weighted by molar-refractivity contribution is 9.10. The van der Waals surface area contributed by atoms with Crippen molar-refractivity contribution in [1.29, 1.82) is 0 Å². The third-order valence-electron chi connectivity index (χ3n) is 5.85. The third kappa shape index (κ3) is 4.62. The molecule has 5 aromatic carbocycles. The van der Waals surface area contributed by atoms with Crippen LogP contribution >= 0.6 is 15.9 Å². The van der Waals surface area contributed by atoms with Crippen molar-refractivity contribution in [3.8, 4) is 22.3 Å². The number of hydrogen-bond acceptors (Lipinski definition) is 1. The summed E-state index contributed by atoms with van der Waals surface area (Å²) >= 11 is 3.77. The van der Waals surface area contributed by atoms with Gasteiger partial charge in [-0.1, -0.05) is 131 Å². The number of anilines is 2. The molecule has 0 bridgehead atoms. The normalized spacial score (nSPS) is 10.7. The summed E-state index contributed by atoms with van der Waals surface area (Å²) in [5.74, 6) is 0. The summed E-state index contributed by atoms with van der Waals surface area (Å²) in [6.07, 6.45) is 0. The SMILES string of the molecule is Brc1ccccc1CN(c1ccccc1-c1ccccc1)c1ccccc1-c1ccccc1. The van der Waals surface area contributed by atoms with E-state index in [1.54, 1.807) is 0 Å². The molecule has 5 rings (SSSR count). The molecule has 0 amide bonds. The van der Waals surface area contributed by atoms with E-state index in [4.69, 9.17) is 0 Å². The zero-order valence-corrected chi connectivity index (χ0v) is 19.8. The van der Waals surface area contributed by atoms with Crippen LogP contribution in [0.5, 0.6) is 0 Å². The largest absolute Gasteiger partial charge is 0.336 e. The van der Waals surface area contributed by atoms with E-state index in [0.717, 1.165) is 11.0 Å². The first-order chi connectivity index (χ1) is 16.3. The number of hydrogen-bond donors (Lipinski definition) is 0. The van der Waals surface area contributed by atoms with Crippen LogP contribution in [-0.4, -0.2) is 0 Å². The number of rotatable bonds is 6.